The second kappa shape index (κ2) is 9.12. The molecule has 5 nitrogen and oxygen atoms in total. The number of nitrogens with zero attached hydrogens (tertiary/aromatic N) is 2. The molecule has 2 saturated heterocycles. The molecule has 0 aromatic rings. The molecule has 0 aliphatic carbocycles. The zero-order valence-corrected chi connectivity index (χ0v) is 21.2. The van der Waals surface area contributed by atoms with Crippen LogP contribution in [0.5, 0.6) is 0 Å². The Labute approximate surface area is 181 Å². The molecular formula is C24H51N5. The second-order valence-electron chi connectivity index (χ2n) is 12.2. The van der Waals surface area contributed by atoms with Crippen molar-refractivity contribution < 1.29 is 0 Å². The number of piperidine rings is 2. The summed E-state index contributed by atoms with van der Waals surface area (Å²) in [5, 5.41) is 11.2. The Morgan fingerprint density at radius 2 is 0.828 bits per heavy atom. The molecule has 0 radical (unpaired) electrons. The Morgan fingerprint density at radius 3 is 1.10 bits per heavy atom. The summed E-state index contributed by atoms with van der Waals surface area (Å²) in [7, 11) is 4.55. The van der Waals surface area contributed by atoms with Crippen molar-refractivity contribution in [1.29, 1.82) is 0 Å². The molecule has 5 heteroatoms. The van der Waals surface area contributed by atoms with Gasteiger partial charge in [-0.15, -0.1) is 0 Å². The largest absolute Gasteiger partial charge is 0.314 e. The van der Waals surface area contributed by atoms with Crippen LogP contribution in [-0.4, -0.2) is 84.3 Å². The summed E-state index contributed by atoms with van der Waals surface area (Å²) in [5.41, 5.74) is 1.03. The van der Waals surface area contributed by atoms with E-state index >= 15 is 0 Å². The van der Waals surface area contributed by atoms with E-state index in [1.807, 2.05) is 0 Å². The van der Waals surface area contributed by atoms with Crippen molar-refractivity contribution in [3.05, 3.63) is 0 Å². The van der Waals surface area contributed by atoms with Gasteiger partial charge in [0.1, 0.15) is 0 Å². The Bertz CT molecular complexity index is 443. The Balaban J connectivity index is 1.62. The number of nitrogens with one attached hydrogen (secondary N) is 3. The van der Waals surface area contributed by atoms with Gasteiger partial charge in [-0.3, -0.25) is 9.80 Å². The van der Waals surface area contributed by atoms with Crippen LogP contribution in [-0.2, 0) is 0 Å². The minimum Gasteiger partial charge on any atom is -0.314 e. The van der Waals surface area contributed by atoms with Gasteiger partial charge in [-0.25, -0.2) is 0 Å². The molecule has 2 aliphatic heterocycles. The molecule has 0 atom stereocenters. The lowest BCUT2D eigenvalue weighted by Crippen LogP contribution is -2.62. The van der Waals surface area contributed by atoms with Crippen LogP contribution in [0.3, 0.4) is 0 Å². The van der Waals surface area contributed by atoms with Gasteiger partial charge in [0.25, 0.3) is 0 Å². The molecule has 2 heterocycles. The van der Waals surface area contributed by atoms with E-state index in [1.54, 1.807) is 0 Å². The van der Waals surface area contributed by atoms with Crippen LogP contribution in [0.2, 0.25) is 0 Å². The van der Waals surface area contributed by atoms with Gasteiger partial charge in [0.2, 0.25) is 0 Å². The van der Waals surface area contributed by atoms with Crippen molar-refractivity contribution in [2.24, 2.45) is 0 Å². The fourth-order valence-electron chi connectivity index (χ4n) is 5.89. The molecule has 0 aromatic carbocycles. The van der Waals surface area contributed by atoms with E-state index < -0.39 is 0 Å². The van der Waals surface area contributed by atoms with Crippen LogP contribution in [0.15, 0.2) is 0 Å². The summed E-state index contributed by atoms with van der Waals surface area (Å²) in [5.74, 6) is 0. The summed E-state index contributed by atoms with van der Waals surface area (Å²) in [4.78, 5) is 5.10. The molecule has 172 valence electrons. The smallest absolute Gasteiger partial charge is 0.0170 e. The van der Waals surface area contributed by atoms with E-state index in [4.69, 9.17) is 0 Å². The first-order valence-electron chi connectivity index (χ1n) is 11.8. The third-order valence-electron chi connectivity index (χ3n) is 8.09. The van der Waals surface area contributed by atoms with E-state index in [9.17, 15) is 0 Å². The van der Waals surface area contributed by atoms with Crippen LogP contribution in [0.25, 0.3) is 0 Å². The highest BCUT2D eigenvalue weighted by molar-refractivity contribution is 5.01. The van der Waals surface area contributed by atoms with Gasteiger partial charge in [-0.05, 0) is 95.2 Å². The average Bonchev–Trinajstić information content (AvgIpc) is 2.55. The predicted octanol–water partition coefficient (Wildman–Crippen LogP) is 3.06. The van der Waals surface area contributed by atoms with Gasteiger partial charge < -0.3 is 16.0 Å². The first kappa shape index (κ1) is 25.1. The molecule has 0 aromatic heterocycles. The average molecular weight is 410 g/mol. The van der Waals surface area contributed by atoms with Crippen molar-refractivity contribution in [3.63, 3.8) is 0 Å². The van der Waals surface area contributed by atoms with Gasteiger partial charge in [0.05, 0.1) is 0 Å². The quantitative estimate of drug-likeness (QED) is 0.538. The van der Waals surface area contributed by atoms with Gasteiger partial charge >= 0.3 is 0 Å². The fourth-order valence-corrected chi connectivity index (χ4v) is 5.89. The topological polar surface area (TPSA) is 42.6 Å². The third-order valence-corrected chi connectivity index (χ3v) is 8.09. The van der Waals surface area contributed by atoms with Crippen molar-refractivity contribution in [1.82, 2.24) is 25.8 Å². The number of likely N-dealkylation sites (tertiary alicyclic amines) is 2. The van der Waals surface area contributed by atoms with E-state index in [2.05, 4.69) is 95.2 Å². The molecule has 0 amide bonds. The molecular weight excluding hydrogens is 358 g/mol. The first-order valence-corrected chi connectivity index (χ1v) is 11.8. The minimum atomic E-state index is 0.256. The molecule has 0 saturated carbocycles. The predicted molar refractivity (Wildman–Crippen MR) is 127 cm³/mol. The van der Waals surface area contributed by atoms with Gasteiger partial charge in [0, 0.05) is 60.4 Å². The Hall–Kier alpha value is -0.200. The normalized spacial score (nSPS) is 27.9. The molecule has 3 N–H and O–H groups in total. The van der Waals surface area contributed by atoms with Crippen LogP contribution in [0.4, 0.5) is 0 Å². The summed E-state index contributed by atoms with van der Waals surface area (Å²) in [6.07, 6.45) is 4.87. The minimum absolute atomic E-state index is 0.256. The summed E-state index contributed by atoms with van der Waals surface area (Å²) in [6, 6.07) is 1.22. The fraction of sp³-hybridized carbons (Fsp3) is 1.00. The second-order valence-corrected chi connectivity index (χ2v) is 12.2. The lowest BCUT2D eigenvalue weighted by Gasteiger charge is -2.54. The molecule has 0 spiro atoms. The SMILES string of the molecule is CN1C(C)(C)CC(NCCNCCNC2CC(C)(C)N(C)C(C)(C)C2)CC1(C)C. The standard InChI is InChI=1S/C24H51N5/c1-21(2)15-19(16-22(3,4)28(21)9)26-13-11-25-12-14-27-20-17-23(5,6)29(10)24(7,8)18-20/h19-20,25-27H,11-18H2,1-10H3. The van der Waals surface area contributed by atoms with E-state index in [-0.39, 0.29) is 22.2 Å². The zero-order valence-electron chi connectivity index (χ0n) is 21.2. The van der Waals surface area contributed by atoms with E-state index in [0.29, 0.717) is 12.1 Å². The highest BCUT2D eigenvalue weighted by atomic mass is 15.3. The zero-order chi connectivity index (χ0) is 22.1. The van der Waals surface area contributed by atoms with Gasteiger partial charge in [0.15, 0.2) is 0 Å². The van der Waals surface area contributed by atoms with Crippen LogP contribution >= 0.6 is 0 Å². The number of rotatable bonds is 8. The van der Waals surface area contributed by atoms with E-state index in [0.717, 1.165) is 26.2 Å². The van der Waals surface area contributed by atoms with Gasteiger partial charge in [-0.1, -0.05) is 0 Å². The summed E-state index contributed by atoms with van der Waals surface area (Å²) >= 11 is 0. The van der Waals surface area contributed by atoms with Crippen molar-refractivity contribution >= 4 is 0 Å². The maximum absolute atomic E-state index is 3.80. The maximum atomic E-state index is 3.80. The van der Waals surface area contributed by atoms with Crippen molar-refractivity contribution in [2.45, 2.75) is 115 Å². The van der Waals surface area contributed by atoms with Crippen LogP contribution in [0.1, 0.15) is 81.1 Å². The first-order chi connectivity index (χ1) is 13.2. The van der Waals surface area contributed by atoms with Crippen LogP contribution in [0, 0.1) is 0 Å². The molecule has 29 heavy (non-hydrogen) atoms. The third kappa shape index (κ3) is 6.39. The molecule has 2 rings (SSSR count). The maximum Gasteiger partial charge on any atom is 0.0170 e. The Kier molecular flexibility index (Phi) is 7.88. The van der Waals surface area contributed by atoms with Crippen molar-refractivity contribution in [3.8, 4) is 0 Å². The number of hydrogen-bond donors (Lipinski definition) is 3. The lowest BCUT2D eigenvalue weighted by molar-refractivity contribution is -0.0179. The highest BCUT2D eigenvalue weighted by Gasteiger charge is 2.43. The van der Waals surface area contributed by atoms with E-state index in [1.165, 1.54) is 25.7 Å². The molecule has 0 unspecified atom stereocenters. The monoisotopic (exact) mass is 409 g/mol. The number of hydrogen-bond acceptors (Lipinski definition) is 5. The lowest BCUT2D eigenvalue weighted by atomic mass is 9.77. The molecule has 2 fully saturated rings. The van der Waals surface area contributed by atoms with Crippen molar-refractivity contribution in [2.75, 3.05) is 40.3 Å². The summed E-state index contributed by atoms with van der Waals surface area (Å²) < 4.78 is 0. The highest BCUT2D eigenvalue weighted by Crippen LogP contribution is 2.37. The summed E-state index contributed by atoms with van der Waals surface area (Å²) in [6.45, 7) is 23.2. The Morgan fingerprint density at radius 1 is 0.552 bits per heavy atom. The molecule has 0 bridgehead atoms. The van der Waals surface area contributed by atoms with Gasteiger partial charge in [-0.2, -0.15) is 0 Å². The van der Waals surface area contributed by atoms with Crippen LogP contribution < -0.4 is 16.0 Å². The molecule has 2 aliphatic rings.